The van der Waals surface area contributed by atoms with E-state index in [4.69, 9.17) is 0 Å². The Hall–Kier alpha value is -3.13. The van der Waals surface area contributed by atoms with Crippen molar-refractivity contribution in [2.75, 3.05) is 0 Å². The fourth-order valence-electron chi connectivity index (χ4n) is 2.76. The van der Waals surface area contributed by atoms with E-state index in [0.29, 0.717) is 5.56 Å². The molecule has 0 aliphatic carbocycles. The molecule has 8 heteroatoms. The maximum absolute atomic E-state index is 13.7. The van der Waals surface area contributed by atoms with Gasteiger partial charge in [-0.2, -0.15) is 0 Å². The van der Waals surface area contributed by atoms with Crippen LogP contribution in [0.2, 0.25) is 0 Å². The monoisotopic (exact) mass is 459 g/mol. The molecule has 3 nitrogen and oxygen atoms in total. The maximum Gasteiger partial charge on any atom is 0.164 e. The van der Waals surface area contributed by atoms with Crippen LogP contribution in [0.15, 0.2) is 65.1 Å². The van der Waals surface area contributed by atoms with Gasteiger partial charge in [0.2, 0.25) is 0 Å². The van der Waals surface area contributed by atoms with Crippen LogP contribution in [0.5, 0.6) is 0 Å². The van der Waals surface area contributed by atoms with E-state index in [9.17, 15) is 17.6 Å². The topological polar surface area (TPSA) is 38.7 Å². The van der Waals surface area contributed by atoms with Gasteiger partial charge in [0, 0.05) is 33.3 Å². The van der Waals surface area contributed by atoms with Crippen molar-refractivity contribution in [3.8, 4) is 34.2 Å². The first-order valence-electron chi connectivity index (χ1n) is 8.32. The van der Waals surface area contributed by atoms with E-state index in [1.165, 1.54) is 0 Å². The summed E-state index contributed by atoms with van der Waals surface area (Å²) < 4.78 is 55.6. The van der Waals surface area contributed by atoms with Gasteiger partial charge in [-0.05, 0) is 36.4 Å². The lowest BCUT2D eigenvalue weighted by Gasteiger charge is -2.09. The predicted octanol–water partition coefficient (Wildman–Crippen LogP) is 6.19. The lowest BCUT2D eigenvalue weighted by Crippen LogP contribution is -2.01. The molecule has 3 aromatic carbocycles. The van der Waals surface area contributed by atoms with Crippen molar-refractivity contribution < 1.29 is 17.6 Å². The molecule has 0 atom stereocenters. The van der Waals surface area contributed by atoms with Crippen LogP contribution in [-0.2, 0) is 0 Å². The zero-order chi connectivity index (χ0) is 20.5. The normalized spacial score (nSPS) is 10.9. The lowest BCUT2D eigenvalue weighted by atomic mass is 10.1. The summed E-state index contributed by atoms with van der Waals surface area (Å²) >= 11 is 3.35. The highest BCUT2D eigenvalue weighted by molar-refractivity contribution is 9.10. The smallest absolute Gasteiger partial charge is 0.164 e. The Kier molecular flexibility index (Phi) is 5.10. The van der Waals surface area contributed by atoms with Gasteiger partial charge in [-0.1, -0.05) is 28.1 Å². The molecule has 4 rings (SSSR count). The van der Waals surface area contributed by atoms with E-state index in [1.807, 2.05) is 0 Å². The fourth-order valence-corrected chi connectivity index (χ4v) is 3.16. The Balaban J connectivity index is 1.96. The van der Waals surface area contributed by atoms with Crippen molar-refractivity contribution in [2.24, 2.45) is 0 Å². The van der Waals surface area contributed by atoms with Crippen molar-refractivity contribution in [3.63, 3.8) is 0 Å². The van der Waals surface area contributed by atoms with Gasteiger partial charge in [0.25, 0.3) is 0 Å². The summed E-state index contributed by atoms with van der Waals surface area (Å²) in [6, 6.07) is 12.7. The summed E-state index contributed by atoms with van der Waals surface area (Å²) in [5, 5.41) is 0. The number of aromatic nitrogens is 3. The Bertz CT molecular complexity index is 1120. The van der Waals surface area contributed by atoms with E-state index < -0.39 is 23.3 Å². The Morgan fingerprint density at radius 2 is 0.931 bits per heavy atom. The summed E-state index contributed by atoms with van der Waals surface area (Å²) in [7, 11) is 0. The highest BCUT2D eigenvalue weighted by atomic mass is 79.9. The Morgan fingerprint density at radius 3 is 1.34 bits per heavy atom. The lowest BCUT2D eigenvalue weighted by molar-refractivity contribution is 0.583. The molecule has 1 aromatic heterocycles. The van der Waals surface area contributed by atoms with Gasteiger partial charge >= 0.3 is 0 Å². The van der Waals surface area contributed by atoms with Gasteiger partial charge in [-0.15, -0.1) is 0 Å². The second-order valence-corrected chi connectivity index (χ2v) is 7.05. The first kappa shape index (κ1) is 19.2. The Morgan fingerprint density at radius 1 is 0.517 bits per heavy atom. The molecule has 0 bridgehead atoms. The molecular formula is C21H10BrF4N3. The number of nitrogens with zero attached hydrogens (tertiary/aromatic N) is 3. The molecule has 0 spiro atoms. The summed E-state index contributed by atoms with van der Waals surface area (Å²) in [4.78, 5) is 12.8. The van der Waals surface area contributed by atoms with Crippen LogP contribution >= 0.6 is 15.9 Å². The minimum Gasteiger partial charge on any atom is -0.208 e. The van der Waals surface area contributed by atoms with Crippen LogP contribution < -0.4 is 0 Å². The van der Waals surface area contributed by atoms with Crippen LogP contribution in [-0.4, -0.2) is 15.0 Å². The van der Waals surface area contributed by atoms with Crippen LogP contribution in [0.25, 0.3) is 34.2 Å². The minimum absolute atomic E-state index is 0.0342. The van der Waals surface area contributed by atoms with Gasteiger partial charge in [0.15, 0.2) is 17.5 Å². The second kappa shape index (κ2) is 7.71. The summed E-state index contributed by atoms with van der Waals surface area (Å²) in [5.74, 6) is -3.10. The van der Waals surface area contributed by atoms with Crippen molar-refractivity contribution >= 4 is 15.9 Å². The number of hydrogen-bond acceptors (Lipinski definition) is 3. The molecule has 0 radical (unpaired) electrons. The highest BCUT2D eigenvalue weighted by Crippen LogP contribution is 2.27. The molecule has 4 aromatic rings. The third-order valence-electron chi connectivity index (χ3n) is 3.96. The second-order valence-electron chi connectivity index (χ2n) is 6.13. The van der Waals surface area contributed by atoms with Crippen molar-refractivity contribution in [1.82, 2.24) is 15.0 Å². The zero-order valence-electron chi connectivity index (χ0n) is 14.5. The first-order valence-corrected chi connectivity index (χ1v) is 9.12. The molecule has 0 saturated carbocycles. The molecule has 0 aliphatic rings. The van der Waals surface area contributed by atoms with Gasteiger partial charge in [-0.3, -0.25) is 0 Å². The van der Waals surface area contributed by atoms with E-state index in [1.54, 1.807) is 24.3 Å². The molecule has 29 heavy (non-hydrogen) atoms. The fraction of sp³-hybridized carbons (Fsp3) is 0. The summed E-state index contributed by atoms with van der Waals surface area (Å²) in [6.45, 7) is 0. The van der Waals surface area contributed by atoms with E-state index in [-0.39, 0.29) is 28.6 Å². The molecule has 0 aliphatic heterocycles. The van der Waals surface area contributed by atoms with Crippen molar-refractivity contribution in [3.05, 3.63) is 88.4 Å². The van der Waals surface area contributed by atoms with Crippen LogP contribution in [0, 0.1) is 23.3 Å². The number of hydrogen-bond donors (Lipinski definition) is 0. The molecule has 144 valence electrons. The van der Waals surface area contributed by atoms with E-state index in [2.05, 4.69) is 30.9 Å². The average molecular weight is 460 g/mol. The third kappa shape index (κ3) is 4.32. The van der Waals surface area contributed by atoms with Gasteiger partial charge < -0.3 is 0 Å². The van der Waals surface area contributed by atoms with E-state index >= 15 is 0 Å². The molecule has 0 unspecified atom stereocenters. The Labute approximate surface area is 171 Å². The standard InChI is InChI=1S/C21H10BrF4N3/c22-14-3-1-2-11(4-14)19-27-20(12-5-15(23)9-16(24)6-12)29-21(28-19)13-7-17(25)10-18(26)8-13/h1-10H. The average Bonchev–Trinajstić information content (AvgIpc) is 2.66. The van der Waals surface area contributed by atoms with E-state index in [0.717, 1.165) is 40.9 Å². The highest BCUT2D eigenvalue weighted by Gasteiger charge is 2.15. The van der Waals surface area contributed by atoms with Crippen LogP contribution in [0.1, 0.15) is 0 Å². The molecule has 0 N–H and O–H groups in total. The van der Waals surface area contributed by atoms with Gasteiger partial charge in [0.05, 0.1) is 0 Å². The molecular weight excluding hydrogens is 450 g/mol. The molecule has 0 fully saturated rings. The quantitative estimate of drug-likeness (QED) is 0.342. The number of benzene rings is 3. The van der Waals surface area contributed by atoms with Crippen molar-refractivity contribution in [1.29, 1.82) is 0 Å². The maximum atomic E-state index is 13.7. The third-order valence-corrected chi connectivity index (χ3v) is 4.45. The molecule has 0 amide bonds. The largest absolute Gasteiger partial charge is 0.208 e. The summed E-state index contributed by atoms with van der Waals surface area (Å²) in [6.07, 6.45) is 0. The van der Waals surface area contributed by atoms with Crippen LogP contribution in [0.4, 0.5) is 17.6 Å². The summed E-state index contributed by atoms with van der Waals surface area (Å²) in [5.41, 5.74) is 0.719. The first-order chi connectivity index (χ1) is 13.9. The zero-order valence-corrected chi connectivity index (χ0v) is 16.1. The SMILES string of the molecule is Fc1cc(F)cc(-c2nc(-c3cc(F)cc(F)c3)nc(-c3cccc(Br)c3)n2)c1. The van der Waals surface area contributed by atoms with Gasteiger partial charge in [-0.25, -0.2) is 32.5 Å². The van der Waals surface area contributed by atoms with Gasteiger partial charge in [0.1, 0.15) is 23.3 Å². The predicted molar refractivity (Wildman–Crippen MR) is 104 cm³/mol. The number of rotatable bonds is 3. The number of halogens is 5. The van der Waals surface area contributed by atoms with Crippen LogP contribution in [0.3, 0.4) is 0 Å². The van der Waals surface area contributed by atoms with Crippen molar-refractivity contribution in [2.45, 2.75) is 0 Å². The molecule has 0 saturated heterocycles. The minimum atomic E-state index is -0.803. The molecule has 1 heterocycles.